The minimum absolute atomic E-state index is 0.00599. The maximum absolute atomic E-state index is 11.6. The van der Waals surface area contributed by atoms with Crippen LogP contribution in [0.1, 0.15) is 57.2 Å². The van der Waals surface area contributed by atoms with E-state index in [0.29, 0.717) is 6.42 Å². The minimum atomic E-state index is 0.00599. The van der Waals surface area contributed by atoms with Gasteiger partial charge in [0.15, 0.2) is 0 Å². The Balaban J connectivity index is 2.25. The van der Waals surface area contributed by atoms with Crippen LogP contribution in [0.3, 0.4) is 0 Å². The van der Waals surface area contributed by atoms with Gasteiger partial charge in [-0.1, -0.05) is 32.6 Å². The predicted octanol–water partition coefficient (Wildman–Crippen LogP) is 4.71. The minimum Gasteiger partial charge on any atom is -0.273 e. The Morgan fingerprint density at radius 3 is 2.68 bits per heavy atom. The Kier molecular flexibility index (Phi) is 7.98. The number of carbonyl (C=O) groups excluding carboxylic acids is 1. The highest BCUT2D eigenvalue weighted by Gasteiger charge is 2.03. The molecule has 0 bridgehead atoms. The molecule has 0 radical (unpaired) electrons. The van der Waals surface area contributed by atoms with Crippen LogP contribution in [-0.4, -0.2) is 11.6 Å². The average molecular weight is 345 g/mol. The number of rotatable bonds is 8. The topological polar surface area (TPSA) is 41.5 Å². The van der Waals surface area contributed by atoms with Crippen molar-refractivity contribution in [1.29, 1.82) is 0 Å². The summed E-state index contributed by atoms with van der Waals surface area (Å²) in [4.78, 5) is 12.7. The first kappa shape index (κ1) is 16.4. The zero-order valence-electron chi connectivity index (χ0n) is 11.5. The lowest BCUT2D eigenvalue weighted by Crippen LogP contribution is -2.18. The van der Waals surface area contributed by atoms with Crippen molar-refractivity contribution in [2.45, 2.75) is 52.4 Å². The van der Waals surface area contributed by atoms with E-state index in [9.17, 15) is 4.79 Å². The quantitative estimate of drug-likeness (QED) is 0.414. The molecule has 5 heteroatoms. The monoisotopic (exact) mass is 344 g/mol. The third kappa shape index (κ3) is 6.87. The summed E-state index contributed by atoms with van der Waals surface area (Å²) in [5.41, 5.74) is 3.46. The molecule has 3 nitrogen and oxygen atoms in total. The van der Waals surface area contributed by atoms with Gasteiger partial charge in [-0.25, -0.2) is 5.43 Å². The van der Waals surface area contributed by atoms with Crippen LogP contribution in [0.5, 0.6) is 0 Å². The molecular weight excluding hydrogens is 324 g/mol. The number of hydrogen-bond donors (Lipinski definition) is 1. The molecule has 1 N–H and O–H groups in total. The summed E-state index contributed by atoms with van der Waals surface area (Å²) in [6.07, 6.45) is 6.34. The van der Waals surface area contributed by atoms with Crippen LogP contribution in [0.15, 0.2) is 21.0 Å². The Hall–Kier alpha value is -0.680. The second kappa shape index (κ2) is 9.26. The first-order chi connectivity index (χ1) is 9.13. The van der Waals surface area contributed by atoms with Gasteiger partial charge in [0.05, 0.1) is 14.4 Å². The summed E-state index contributed by atoms with van der Waals surface area (Å²) in [5.74, 6) is 0.00599. The normalized spacial score (nSPS) is 11.6. The van der Waals surface area contributed by atoms with E-state index in [1.807, 2.05) is 19.1 Å². The molecule has 0 saturated carbocycles. The van der Waals surface area contributed by atoms with Gasteiger partial charge in [-0.3, -0.25) is 4.79 Å². The SMILES string of the molecule is CCCCCCCC(=O)NN=C(C)c1ccc(Br)s1. The van der Waals surface area contributed by atoms with Crippen LogP contribution in [0, 0.1) is 0 Å². The van der Waals surface area contributed by atoms with E-state index in [1.165, 1.54) is 19.3 Å². The van der Waals surface area contributed by atoms with E-state index in [1.54, 1.807) is 11.3 Å². The Bertz CT molecular complexity index is 429. The fourth-order valence-corrected chi connectivity index (χ4v) is 2.99. The third-order valence-corrected chi connectivity index (χ3v) is 4.52. The van der Waals surface area contributed by atoms with E-state index in [4.69, 9.17) is 0 Å². The summed E-state index contributed by atoms with van der Waals surface area (Å²) in [5, 5.41) is 4.13. The molecule has 19 heavy (non-hydrogen) atoms. The number of hydrazone groups is 1. The second-order valence-electron chi connectivity index (χ2n) is 4.50. The molecule has 0 aliphatic carbocycles. The van der Waals surface area contributed by atoms with E-state index in [-0.39, 0.29) is 5.91 Å². The number of unbranched alkanes of at least 4 members (excludes halogenated alkanes) is 4. The molecule has 0 fully saturated rings. The summed E-state index contributed by atoms with van der Waals surface area (Å²) in [7, 11) is 0. The average Bonchev–Trinajstić information content (AvgIpc) is 2.82. The molecule has 0 aromatic carbocycles. The van der Waals surface area contributed by atoms with Crippen molar-refractivity contribution in [2.24, 2.45) is 5.10 Å². The standard InChI is InChI=1S/C14H21BrN2OS/c1-3-4-5-6-7-8-14(18)17-16-11(2)12-9-10-13(15)19-12/h9-10H,3-8H2,1-2H3,(H,17,18). The summed E-state index contributed by atoms with van der Waals surface area (Å²) in [6, 6.07) is 3.97. The lowest BCUT2D eigenvalue weighted by Gasteiger charge is -2.01. The molecule has 1 rings (SSSR count). The van der Waals surface area contributed by atoms with Crippen molar-refractivity contribution in [3.8, 4) is 0 Å². The van der Waals surface area contributed by atoms with Gasteiger partial charge in [0.1, 0.15) is 0 Å². The van der Waals surface area contributed by atoms with Gasteiger partial charge in [-0.2, -0.15) is 5.10 Å². The van der Waals surface area contributed by atoms with Crippen molar-refractivity contribution < 1.29 is 4.79 Å². The van der Waals surface area contributed by atoms with Gasteiger partial charge in [0.25, 0.3) is 0 Å². The zero-order chi connectivity index (χ0) is 14.1. The number of carbonyl (C=O) groups is 1. The molecule has 1 amide bonds. The first-order valence-corrected chi connectivity index (χ1v) is 8.33. The van der Waals surface area contributed by atoms with Gasteiger partial charge in [0.2, 0.25) is 5.91 Å². The fraction of sp³-hybridized carbons (Fsp3) is 0.571. The van der Waals surface area contributed by atoms with Crippen LogP contribution in [0.25, 0.3) is 0 Å². The molecule has 0 aliphatic rings. The molecule has 0 spiro atoms. The highest BCUT2D eigenvalue weighted by Crippen LogP contribution is 2.22. The smallest absolute Gasteiger partial charge is 0.240 e. The van der Waals surface area contributed by atoms with Crippen molar-refractivity contribution in [3.63, 3.8) is 0 Å². The Morgan fingerprint density at radius 1 is 1.32 bits per heavy atom. The molecular formula is C14H21BrN2OS. The maximum atomic E-state index is 11.6. The van der Waals surface area contributed by atoms with Crippen LogP contribution < -0.4 is 5.43 Å². The van der Waals surface area contributed by atoms with Gasteiger partial charge < -0.3 is 0 Å². The van der Waals surface area contributed by atoms with E-state index >= 15 is 0 Å². The predicted molar refractivity (Wildman–Crippen MR) is 85.7 cm³/mol. The van der Waals surface area contributed by atoms with Gasteiger partial charge in [-0.15, -0.1) is 11.3 Å². The number of nitrogens with zero attached hydrogens (tertiary/aromatic N) is 1. The number of nitrogens with one attached hydrogen (secondary N) is 1. The number of halogens is 1. The molecule has 0 atom stereocenters. The highest BCUT2D eigenvalue weighted by molar-refractivity contribution is 9.11. The van der Waals surface area contributed by atoms with E-state index in [2.05, 4.69) is 33.4 Å². The third-order valence-electron chi connectivity index (χ3n) is 2.79. The van der Waals surface area contributed by atoms with Crippen LogP contribution in [0.2, 0.25) is 0 Å². The molecule has 1 aromatic heterocycles. The fourth-order valence-electron chi connectivity index (χ4n) is 1.66. The molecule has 106 valence electrons. The molecule has 0 aliphatic heterocycles. The van der Waals surface area contributed by atoms with Crippen molar-refractivity contribution in [3.05, 3.63) is 20.8 Å². The summed E-state index contributed by atoms with van der Waals surface area (Å²) in [6.45, 7) is 4.09. The summed E-state index contributed by atoms with van der Waals surface area (Å²) < 4.78 is 1.07. The number of amides is 1. The molecule has 0 saturated heterocycles. The van der Waals surface area contributed by atoms with Crippen molar-refractivity contribution in [1.82, 2.24) is 5.43 Å². The highest BCUT2D eigenvalue weighted by atomic mass is 79.9. The number of hydrogen-bond acceptors (Lipinski definition) is 3. The van der Waals surface area contributed by atoms with Crippen molar-refractivity contribution in [2.75, 3.05) is 0 Å². The van der Waals surface area contributed by atoms with Crippen LogP contribution in [-0.2, 0) is 4.79 Å². The van der Waals surface area contributed by atoms with E-state index in [0.717, 1.165) is 27.2 Å². The van der Waals surface area contributed by atoms with Gasteiger partial charge >= 0.3 is 0 Å². The maximum Gasteiger partial charge on any atom is 0.240 e. The zero-order valence-corrected chi connectivity index (χ0v) is 13.9. The van der Waals surface area contributed by atoms with Crippen LogP contribution >= 0.6 is 27.3 Å². The number of thiophene rings is 1. The van der Waals surface area contributed by atoms with Gasteiger partial charge in [0, 0.05) is 6.42 Å². The lowest BCUT2D eigenvalue weighted by atomic mass is 10.1. The molecule has 0 unspecified atom stereocenters. The Morgan fingerprint density at radius 2 is 2.05 bits per heavy atom. The van der Waals surface area contributed by atoms with Crippen molar-refractivity contribution >= 4 is 38.9 Å². The largest absolute Gasteiger partial charge is 0.273 e. The van der Waals surface area contributed by atoms with E-state index < -0.39 is 0 Å². The lowest BCUT2D eigenvalue weighted by molar-refractivity contribution is -0.121. The first-order valence-electron chi connectivity index (χ1n) is 6.72. The van der Waals surface area contributed by atoms with Crippen LogP contribution in [0.4, 0.5) is 0 Å². The molecule has 1 heterocycles. The Labute approximate surface area is 127 Å². The van der Waals surface area contributed by atoms with Gasteiger partial charge in [-0.05, 0) is 41.4 Å². The summed E-state index contributed by atoms with van der Waals surface area (Å²) >= 11 is 5.02. The second-order valence-corrected chi connectivity index (χ2v) is 6.96. The molecule has 1 aromatic rings.